The molecule has 0 saturated carbocycles. The summed E-state index contributed by atoms with van der Waals surface area (Å²) in [6.07, 6.45) is -0.525. The Balaban J connectivity index is 1.28. The second kappa shape index (κ2) is 8.45. The summed E-state index contributed by atoms with van der Waals surface area (Å²) in [5.74, 6) is 0.175. The number of nitrogens with zero attached hydrogens (tertiary/aromatic N) is 5. The molecule has 2 aliphatic heterocycles. The molecule has 0 aliphatic carbocycles. The van der Waals surface area contributed by atoms with Gasteiger partial charge in [0, 0.05) is 12.6 Å². The van der Waals surface area contributed by atoms with E-state index in [9.17, 15) is 14.8 Å². The van der Waals surface area contributed by atoms with Crippen molar-refractivity contribution in [3.05, 3.63) is 42.7 Å². The number of hydrogen-bond acceptors (Lipinski definition) is 12. The van der Waals surface area contributed by atoms with Crippen molar-refractivity contribution in [2.45, 2.75) is 37.1 Å². The summed E-state index contributed by atoms with van der Waals surface area (Å²) < 4.78 is 36.4. The van der Waals surface area contributed by atoms with E-state index in [0.29, 0.717) is 23.3 Å². The number of rotatable bonds is 5. The normalized spacial score (nSPS) is 33.0. The predicted octanol–water partition coefficient (Wildman–Crippen LogP) is 0.726. The van der Waals surface area contributed by atoms with Crippen LogP contribution in [-0.2, 0) is 22.9 Å². The van der Waals surface area contributed by atoms with Crippen LogP contribution in [0, 0.1) is 0 Å². The van der Waals surface area contributed by atoms with E-state index < -0.39 is 38.5 Å². The van der Waals surface area contributed by atoms with Crippen LogP contribution in [-0.4, -0.2) is 66.2 Å². The predicted molar refractivity (Wildman–Crippen MR) is 108 cm³/mol. The number of nitrogens with two attached hydrogens (primary N) is 1. The number of phosphoric acid groups is 1. The molecule has 32 heavy (non-hydrogen) atoms. The maximum absolute atomic E-state index is 12.9. The quantitative estimate of drug-likeness (QED) is 0.452. The summed E-state index contributed by atoms with van der Waals surface area (Å²) in [6, 6.07) is 5.33. The highest BCUT2D eigenvalue weighted by Gasteiger charge is 2.46. The molecule has 14 heteroatoms. The molecule has 1 unspecified atom stereocenters. The second-order valence-electron chi connectivity index (χ2n) is 7.34. The fraction of sp³-hybridized carbons (Fsp3) is 0.444. The number of fused-ring (bicyclic) bond motifs is 1. The van der Waals surface area contributed by atoms with Crippen LogP contribution in [0.5, 0.6) is 0 Å². The van der Waals surface area contributed by atoms with Crippen LogP contribution >= 0.6 is 7.82 Å². The topological polar surface area (TPSA) is 177 Å². The minimum absolute atomic E-state index is 0.153. The zero-order chi connectivity index (χ0) is 22.3. The molecule has 0 radical (unpaired) electrons. The van der Waals surface area contributed by atoms with Crippen molar-refractivity contribution >= 4 is 24.8 Å². The highest BCUT2D eigenvalue weighted by atomic mass is 31.2. The van der Waals surface area contributed by atoms with Gasteiger partial charge in [-0.25, -0.2) is 19.5 Å². The van der Waals surface area contributed by atoms with E-state index in [4.69, 9.17) is 24.0 Å². The molecule has 0 aromatic carbocycles. The first kappa shape index (κ1) is 21.3. The Morgan fingerprint density at radius 1 is 1.22 bits per heavy atom. The number of anilines is 1. The zero-order valence-electron chi connectivity index (χ0n) is 16.7. The Bertz CT molecular complexity index is 1150. The number of aliphatic hydroxyl groups is 2. The van der Waals surface area contributed by atoms with Gasteiger partial charge in [0.25, 0.3) is 0 Å². The molecule has 2 aliphatic rings. The van der Waals surface area contributed by atoms with Crippen LogP contribution in [0.4, 0.5) is 5.82 Å². The van der Waals surface area contributed by atoms with Crippen LogP contribution < -0.4 is 5.73 Å². The lowest BCUT2D eigenvalue weighted by Crippen LogP contribution is -2.34. The minimum atomic E-state index is -3.93. The number of ether oxygens (including phenoxy) is 1. The van der Waals surface area contributed by atoms with E-state index in [-0.39, 0.29) is 19.0 Å². The van der Waals surface area contributed by atoms with Gasteiger partial charge >= 0.3 is 7.82 Å². The van der Waals surface area contributed by atoms with Crippen molar-refractivity contribution in [1.82, 2.24) is 24.5 Å². The van der Waals surface area contributed by atoms with E-state index in [1.165, 1.54) is 17.2 Å². The highest BCUT2D eigenvalue weighted by molar-refractivity contribution is 7.48. The van der Waals surface area contributed by atoms with Crippen molar-refractivity contribution in [3.8, 4) is 0 Å². The van der Waals surface area contributed by atoms with E-state index in [1.54, 1.807) is 24.4 Å². The van der Waals surface area contributed by atoms with Gasteiger partial charge in [-0.3, -0.25) is 23.1 Å². The Hall–Kier alpha value is -2.51. The Kier molecular flexibility index (Phi) is 5.63. The van der Waals surface area contributed by atoms with Crippen molar-refractivity contribution < 1.29 is 33.1 Å². The second-order valence-corrected chi connectivity index (χ2v) is 8.96. The van der Waals surface area contributed by atoms with Gasteiger partial charge in [0.15, 0.2) is 17.7 Å². The van der Waals surface area contributed by atoms with Crippen LogP contribution in [0.1, 0.15) is 24.4 Å². The first-order valence-electron chi connectivity index (χ1n) is 9.88. The van der Waals surface area contributed by atoms with Gasteiger partial charge in [-0.15, -0.1) is 0 Å². The van der Waals surface area contributed by atoms with E-state index >= 15 is 0 Å². The Labute approximate surface area is 181 Å². The van der Waals surface area contributed by atoms with Gasteiger partial charge in [0.1, 0.15) is 36.3 Å². The maximum Gasteiger partial charge on any atom is 0.475 e. The lowest BCUT2D eigenvalue weighted by atomic mass is 10.1. The molecule has 5 rings (SSSR count). The molecule has 0 amide bonds. The number of aromatic nitrogens is 5. The average Bonchev–Trinajstić information content (AvgIpc) is 3.35. The first-order valence-corrected chi connectivity index (χ1v) is 11.3. The summed E-state index contributed by atoms with van der Waals surface area (Å²) in [5.41, 5.74) is 7.08. The minimum Gasteiger partial charge on any atom is -0.387 e. The molecular formula is C18H21N6O7P. The van der Waals surface area contributed by atoms with Gasteiger partial charge in [0.2, 0.25) is 0 Å². The molecule has 6 atom stereocenters. The number of hydrogen-bond donors (Lipinski definition) is 3. The summed E-state index contributed by atoms with van der Waals surface area (Å²) in [7, 11) is -3.93. The number of aliphatic hydroxyl groups excluding tert-OH is 2. The molecule has 5 heterocycles. The molecule has 0 spiro atoms. The number of pyridine rings is 1. The molecular weight excluding hydrogens is 443 g/mol. The number of phosphoric ester groups is 1. The van der Waals surface area contributed by atoms with Crippen molar-refractivity contribution in [2.24, 2.45) is 0 Å². The van der Waals surface area contributed by atoms with Crippen LogP contribution in [0.15, 0.2) is 37.1 Å². The third-order valence-electron chi connectivity index (χ3n) is 5.30. The molecule has 0 bridgehead atoms. The third kappa shape index (κ3) is 3.88. The lowest BCUT2D eigenvalue weighted by molar-refractivity contribution is -0.0580. The monoisotopic (exact) mass is 464 g/mol. The molecule has 170 valence electrons. The van der Waals surface area contributed by atoms with E-state index in [1.807, 2.05) is 0 Å². The van der Waals surface area contributed by atoms with Crippen LogP contribution in [0.3, 0.4) is 0 Å². The fourth-order valence-electron chi connectivity index (χ4n) is 3.66. The zero-order valence-corrected chi connectivity index (χ0v) is 17.6. The highest BCUT2D eigenvalue weighted by Crippen LogP contribution is 2.57. The van der Waals surface area contributed by atoms with E-state index in [2.05, 4.69) is 19.9 Å². The first-order chi connectivity index (χ1) is 15.5. The van der Waals surface area contributed by atoms with Gasteiger partial charge in [-0.2, -0.15) is 0 Å². The van der Waals surface area contributed by atoms with E-state index in [0.717, 1.165) is 0 Å². The number of nitrogen functional groups attached to an aromatic ring is 1. The number of imidazole rings is 1. The lowest BCUT2D eigenvalue weighted by Gasteiger charge is -2.29. The molecule has 2 fully saturated rings. The molecule has 2 saturated heterocycles. The molecule has 3 aromatic rings. The van der Waals surface area contributed by atoms with Crippen molar-refractivity contribution in [1.29, 1.82) is 0 Å². The maximum atomic E-state index is 12.9. The molecule has 13 nitrogen and oxygen atoms in total. The van der Waals surface area contributed by atoms with Crippen LogP contribution in [0.25, 0.3) is 11.2 Å². The van der Waals surface area contributed by atoms with Gasteiger partial charge in [-0.05, 0) is 12.1 Å². The molecule has 3 aromatic heterocycles. The Morgan fingerprint density at radius 3 is 2.91 bits per heavy atom. The molecule has 4 N–H and O–H groups in total. The standard InChI is InChI=1S/C18H21N6O7P/c19-16-13-17(22-8-21-16)24(9-23-13)18-15(26)14(25)12(30-18)7-29-32(27)28-6-4-11(31-32)10-3-1-2-5-20-10/h1-3,5,8-9,11-12,14-15,18,25-26H,4,6-7H2,(H2,19,21,22)/t11-,12+,14+,15+,18+,32?/m0/s1. The largest absolute Gasteiger partial charge is 0.475 e. The Morgan fingerprint density at radius 2 is 2.09 bits per heavy atom. The van der Waals surface area contributed by atoms with Crippen LogP contribution in [0.2, 0.25) is 0 Å². The third-order valence-corrected chi connectivity index (χ3v) is 6.78. The van der Waals surface area contributed by atoms with Gasteiger partial charge < -0.3 is 20.7 Å². The summed E-state index contributed by atoms with van der Waals surface area (Å²) in [4.78, 5) is 16.3. The summed E-state index contributed by atoms with van der Waals surface area (Å²) in [5, 5.41) is 21.0. The fourth-order valence-corrected chi connectivity index (χ4v) is 5.04. The smallest absolute Gasteiger partial charge is 0.387 e. The summed E-state index contributed by atoms with van der Waals surface area (Å²) in [6.45, 7) is -0.190. The van der Waals surface area contributed by atoms with Gasteiger partial charge in [0.05, 0.1) is 25.2 Å². The SMILES string of the molecule is Nc1ncnc2c1ncn2[C@@H]1O[C@H](COP2(=O)OCC[C@@H](c3ccccn3)O2)[C@@H](O)[C@H]1O. The van der Waals surface area contributed by atoms with Gasteiger partial charge in [-0.1, -0.05) is 6.07 Å². The summed E-state index contributed by atoms with van der Waals surface area (Å²) >= 11 is 0. The van der Waals surface area contributed by atoms with Crippen molar-refractivity contribution in [3.63, 3.8) is 0 Å². The average molecular weight is 464 g/mol. The van der Waals surface area contributed by atoms with Crippen molar-refractivity contribution in [2.75, 3.05) is 18.9 Å².